The van der Waals surface area contributed by atoms with E-state index < -0.39 is 0 Å². The third-order valence-corrected chi connectivity index (χ3v) is 5.18. The van der Waals surface area contributed by atoms with Crippen LogP contribution >= 0.6 is 27.5 Å². The standard InChI is InChI=1S/C20H14BrClN2O/c21-17-7-3-4-8-18(17)23-19-15-5-1-2-6-16(15)20(25)24(19)14-11-9-13(22)10-12-14/h1-12,19,23H. The van der Waals surface area contributed by atoms with Gasteiger partial charge in [0.1, 0.15) is 6.17 Å². The van der Waals surface area contributed by atoms with E-state index in [0.717, 1.165) is 21.4 Å². The fourth-order valence-electron chi connectivity index (χ4n) is 3.05. The highest BCUT2D eigenvalue weighted by Crippen LogP contribution is 2.39. The van der Waals surface area contributed by atoms with Crippen LogP contribution in [0, 0.1) is 0 Å². The molecule has 1 atom stereocenters. The molecule has 25 heavy (non-hydrogen) atoms. The van der Waals surface area contributed by atoms with E-state index in [2.05, 4.69) is 21.2 Å². The molecular weight excluding hydrogens is 400 g/mol. The summed E-state index contributed by atoms with van der Waals surface area (Å²) in [6, 6.07) is 22.9. The van der Waals surface area contributed by atoms with Gasteiger partial charge in [-0.05, 0) is 58.4 Å². The second-order valence-electron chi connectivity index (χ2n) is 5.77. The number of nitrogens with zero attached hydrogens (tertiary/aromatic N) is 1. The maximum Gasteiger partial charge on any atom is 0.260 e. The molecular formula is C20H14BrClN2O. The van der Waals surface area contributed by atoms with Gasteiger partial charge >= 0.3 is 0 Å². The molecule has 3 aromatic rings. The van der Waals surface area contributed by atoms with Crippen molar-refractivity contribution in [3.8, 4) is 0 Å². The monoisotopic (exact) mass is 412 g/mol. The molecule has 1 aliphatic rings. The number of para-hydroxylation sites is 1. The van der Waals surface area contributed by atoms with Crippen molar-refractivity contribution in [1.29, 1.82) is 0 Å². The Labute approximate surface area is 159 Å². The zero-order valence-electron chi connectivity index (χ0n) is 13.1. The number of fused-ring (bicyclic) bond motifs is 1. The minimum atomic E-state index is -0.288. The van der Waals surface area contributed by atoms with Gasteiger partial charge in [-0.2, -0.15) is 0 Å². The van der Waals surface area contributed by atoms with Crippen LogP contribution in [-0.4, -0.2) is 5.91 Å². The van der Waals surface area contributed by atoms with E-state index in [1.54, 1.807) is 17.0 Å². The summed E-state index contributed by atoms with van der Waals surface area (Å²) < 4.78 is 0.947. The number of carbonyl (C=O) groups excluding carboxylic acids is 1. The molecule has 0 radical (unpaired) electrons. The lowest BCUT2D eigenvalue weighted by molar-refractivity contribution is 0.0993. The van der Waals surface area contributed by atoms with Crippen molar-refractivity contribution in [2.75, 3.05) is 10.2 Å². The first kappa shape index (κ1) is 16.2. The van der Waals surface area contributed by atoms with Crippen LogP contribution in [0.3, 0.4) is 0 Å². The Morgan fingerprint density at radius 1 is 0.920 bits per heavy atom. The quantitative estimate of drug-likeness (QED) is 0.582. The van der Waals surface area contributed by atoms with E-state index in [4.69, 9.17) is 11.6 Å². The molecule has 3 aromatic carbocycles. The van der Waals surface area contributed by atoms with Gasteiger partial charge in [0.15, 0.2) is 0 Å². The third-order valence-electron chi connectivity index (χ3n) is 4.23. The molecule has 5 heteroatoms. The number of hydrogen-bond acceptors (Lipinski definition) is 2. The highest BCUT2D eigenvalue weighted by molar-refractivity contribution is 9.10. The molecule has 1 amide bonds. The van der Waals surface area contributed by atoms with Crippen molar-refractivity contribution in [2.45, 2.75) is 6.17 Å². The molecule has 1 unspecified atom stereocenters. The van der Waals surface area contributed by atoms with E-state index in [9.17, 15) is 4.79 Å². The number of carbonyl (C=O) groups is 1. The van der Waals surface area contributed by atoms with Crippen molar-refractivity contribution in [2.24, 2.45) is 0 Å². The molecule has 124 valence electrons. The van der Waals surface area contributed by atoms with Gasteiger partial charge < -0.3 is 5.32 Å². The molecule has 0 bridgehead atoms. The fraction of sp³-hybridized carbons (Fsp3) is 0.0500. The summed E-state index contributed by atoms with van der Waals surface area (Å²) >= 11 is 9.57. The zero-order valence-corrected chi connectivity index (χ0v) is 15.5. The summed E-state index contributed by atoms with van der Waals surface area (Å²) in [6.45, 7) is 0. The predicted octanol–water partition coefficient (Wildman–Crippen LogP) is 5.87. The Balaban J connectivity index is 1.80. The van der Waals surface area contributed by atoms with E-state index in [1.807, 2.05) is 60.7 Å². The van der Waals surface area contributed by atoms with Gasteiger partial charge in [0.2, 0.25) is 0 Å². The molecule has 1 heterocycles. The Morgan fingerprint density at radius 3 is 2.36 bits per heavy atom. The molecule has 3 nitrogen and oxygen atoms in total. The first-order chi connectivity index (χ1) is 12.1. The summed E-state index contributed by atoms with van der Waals surface area (Å²) in [6.07, 6.45) is -0.288. The first-order valence-electron chi connectivity index (χ1n) is 7.84. The van der Waals surface area contributed by atoms with Crippen LogP contribution in [0.2, 0.25) is 5.02 Å². The van der Waals surface area contributed by atoms with Crippen molar-refractivity contribution < 1.29 is 4.79 Å². The molecule has 0 saturated heterocycles. The van der Waals surface area contributed by atoms with Crippen LogP contribution in [0.1, 0.15) is 22.1 Å². The van der Waals surface area contributed by atoms with Gasteiger partial charge in [0.25, 0.3) is 5.91 Å². The maximum absolute atomic E-state index is 13.0. The number of hydrogen-bond donors (Lipinski definition) is 1. The summed E-state index contributed by atoms with van der Waals surface area (Å²) in [4.78, 5) is 14.8. The SMILES string of the molecule is O=C1c2ccccc2C(Nc2ccccc2Br)N1c1ccc(Cl)cc1. The Kier molecular flexibility index (Phi) is 4.24. The van der Waals surface area contributed by atoms with Crippen LogP contribution in [0.4, 0.5) is 11.4 Å². The van der Waals surface area contributed by atoms with Gasteiger partial charge in [0, 0.05) is 26.3 Å². The Bertz CT molecular complexity index is 942. The molecule has 0 aromatic heterocycles. The van der Waals surface area contributed by atoms with Crippen LogP contribution in [0.5, 0.6) is 0 Å². The van der Waals surface area contributed by atoms with Crippen LogP contribution < -0.4 is 10.2 Å². The second-order valence-corrected chi connectivity index (χ2v) is 7.06. The highest BCUT2D eigenvalue weighted by atomic mass is 79.9. The van der Waals surface area contributed by atoms with Crippen LogP contribution in [0.25, 0.3) is 0 Å². The lowest BCUT2D eigenvalue weighted by atomic mass is 10.1. The molecule has 0 aliphatic carbocycles. The number of amides is 1. The Hall–Kier alpha value is -2.30. The minimum Gasteiger partial charge on any atom is -0.360 e. The number of benzene rings is 3. The van der Waals surface area contributed by atoms with Gasteiger partial charge in [-0.15, -0.1) is 0 Å². The van der Waals surface area contributed by atoms with Gasteiger partial charge in [0.05, 0.1) is 5.69 Å². The van der Waals surface area contributed by atoms with Crippen LogP contribution in [-0.2, 0) is 0 Å². The zero-order chi connectivity index (χ0) is 17.4. The predicted molar refractivity (Wildman–Crippen MR) is 105 cm³/mol. The lowest BCUT2D eigenvalue weighted by Crippen LogP contribution is -2.32. The molecule has 1 N–H and O–H groups in total. The number of anilines is 2. The maximum atomic E-state index is 13.0. The average Bonchev–Trinajstić information content (AvgIpc) is 2.90. The lowest BCUT2D eigenvalue weighted by Gasteiger charge is -2.27. The molecule has 0 spiro atoms. The third kappa shape index (κ3) is 2.92. The summed E-state index contributed by atoms with van der Waals surface area (Å²) in [7, 11) is 0. The largest absolute Gasteiger partial charge is 0.360 e. The molecule has 0 saturated carbocycles. The number of halogens is 2. The van der Waals surface area contributed by atoms with Gasteiger partial charge in [-0.1, -0.05) is 41.9 Å². The van der Waals surface area contributed by atoms with Crippen molar-refractivity contribution in [1.82, 2.24) is 0 Å². The van der Waals surface area contributed by atoms with E-state index >= 15 is 0 Å². The summed E-state index contributed by atoms with van der Waals surface area (Å²) in [5.41, 5.74) is 3.39. The second kappa shape index (κ2) is 6.54. The van der Waals surface area contributed by atoms with Crippen LogP contribution in [0.15, 0.2) is 77.3 Å². The molecule has 1 aliphatic heterocycles. The molecule has 0 fully saturated rings. The van der Waals surface area contributed by atoms with E-state index in [-0.39, 0.29) is 12.1 Å². The summed E-state index contributed by atoms with van der Waals surface area (Å²) in [5.74, 6) is -0.0255. The Morgan fingerprint density at radius 2 is 1.60 bits per heavy atom. The van der Waals surface area contributed by atoms with E-state index in [1.165, 1.54) is 0 Å². The number of rotatable bonds is 3. The average molecular weight is 414 g/mol. The topological polar surface area (TPSA) is 32.3 Å². The normalized spacial score (nSPS) is 16.0. The summed E-state index contributed by atoms with van der Waals surface area (Å²) in [5, 5.41) is 4.13. The van der Waals surface area contributed by atoms with Gasteiger partial charge in [-0.25, -0.2) is 0 Å². The van der Waals surface area contributed by atoms with Gasteiger partial charge in [-0.3, -0.25) is 9.69 Å². The molecule has 4 rings (SSSR count). The van der Waals surface area contributed by atoms with Crippen molar-refractivity contribution in [3.63, 3.8) is 0 Å². The first-order valence-corrected chi connectivity index (χ1v) is 9.01. The highest BCUT2D eigenvalue weighted by Gasteiger charge is 2.37. The van der Waals surface area contributed by atoms with E-state index in [0.29, 0.717) is 10.6 Å². The van der Waals surface area contributed by atoms with Crippen molar-refractivity contribution >= 4 is 44.8 Å². The number of nitrogens with one attached hydrogen (secondary N) is 1. The van der Waals surface area contributed by atoms with Crippen molar-refractivity contribution in [3.05, 3.63) is 93.4 Å². The fourth-order valence-corrected chi connectivity index (χ4v) is 3.58. The smallest absolute Gasteiger partial charge is 0.260 e. The minimum absolute atomic E-state index is 0.0255.